The molecule has 8 nitrogen and oxygen atoms in total. The Kier molecular flexibility index (Phi) is 4.70. The molecule has 4 rings (SSSR count). The molecular weight excluding hydrogens is 354 g/mol. The number of aromatic nitrogens is 5. The fraction of sp³-hybridized carbons (Fsp3) is 0.450. The number of fused-ring (bicyclic) bond motifs is 1. The first-order valence-corrected chi connectivity index (χ1v) is 9.58. The number of amides is 1. The molecule has 0 aromatic carbocycles. The van der Waals surface area contributed by atoms with Gasteiger partial charge in [0.2, 0.25) is 5.91 Å². The molecule has 0 saturated carbocycles. The van der Waals surface area contributed by atoms with Crippen LogP contribution in [0.4, 0.5) is 5.82 Å². The van der Waals surface area contributed by atoms with Gasteiger partial charge in [-0.3, -0.25) is 14.5 Å². The standard InChI is InChI=1S/C20H25N7O/c1-5-27-12-14(10-16(27)28)11-25(3)19-17-13(2)24-26(4)20(17)23-18(22-19)15-6-8-21-9-7-15/h6-9,14H,5,10-12H2,1-4H3. The lowest BCUT2D eigenvalue weighted by Crippen LogP contribution is -2.29. The summed E-state index contributed by atoms with van der Waals surface area (Å²) in [7, 11) is 3.93. The SMILES string of the molecule is CCN1CC(CN(C)c2nc(-c3ccncc3)nc3c2c(C)nn3C)CC1=O. The predicted molar refractivity (Wildman–Crippen MR) is 108 cm³/mol. The van der Waals surface area contributed by atoms with Crippen LogP contribution in [0, 0.1) is 12.8 Å². The summed E-state index contributed by atoms with van der Waals surface area (Å²) in [5.41, 5.74) is 2.62. The molecule has 8 heteroatoms. The van der Waals surface area contributed by atoms with Crippen molar-refractivity contribution in [2.75, 3.05) is 31.6 Å². The third kappa shape index (κ3) is 3.19. The van der Waals surface area contributed by atoms with Crippen molar-refractivity contribution in [1.82, 2.24) is 29.6 Å². The number of anilines is 1. The largest absolute Gasteiger partial charge is 0.359 e. The number of carbonyl (C=O) groups excluding carboxylic acids is 1. The minimum Gasteiger partial charge on any atom is -0.359 e. The summed E-state index contributed by atoms with van der Waals surface area (Å²) in [5, 5.41) is 5.51. The first-order chi connectivity index (χ1) is 13.5. The molecule has 146 valence electrons. The van der Waals surface area contributed by atoms with E-state index in [1.54, 1.807) is 17.1 Å². The maximum Gasteiger partial charge on any atom is 0.222 e. The van der Waals surface area contributed by atoms with Crippen LogP contribution in [-0.2, 0) is 11.8 Å². The maximum absolute atomic E-state index is 12.1. The number of pyridine rings is 1. The van der Waals surface area contributed by atoms with Crippen molar-refractivity contribution in [2.45, 2.75) is 20.3 Å². The average molecular weight is 379 g/mol. The molecule has 0 N–H and O–H groups in total. The Balaban J connectivity index is 1.73. The van der Waals surface area contributed by atoms with Crippen LogP contribution in [0.5, 0.6) is 0 Å². The van der Waals surface area contributed by atoms with Crippen LogP contribution in [0.2, 0.25) is 0 Å². The van der Waals surface area contributed by atoms with Gasteiger partial charge >= 0.3 is 0 Å². The summed E-state index contributed by atoms with van der Waals surface area (Å²) in [5.74, 6) is 2.04. The number of aryl methyl sites for hydroxylation is 2. The molecule has 1 unspecified atom stereocenters. The van der Waals surface area contributed by atoms with Crippen LogP contribution in [0.25, 0.3) is 22.4 Å². The van der Waals surface area contributed by atoms with Crippen molar-refractivity contribution in [3.8, 4) is 11.4 Å². The molecule has 1 saturated heterocycles. The number of rotatable bonds is 5. The van der Waals surface area contributed by atoms with Gasteiger partial charge < -0.3 is 9.80 Å². The maximum atomic E-state index is 12.1. The molecule has 1 aliphatic rings. The summed E-state index contributed by atoms with van der Waals surface area (Å²) in [6.07, 6.45) is 4.07. The third-order valence-corrected chi connectivity index (χ3v) is 5.35. The number of likely N-dealkylation sites (tertiary alicyclic amines) is 1. The molecule has 1 atom stereocenters. The second-order valence-corrected chi connectivity index (χ2v) is 7.40. The van der Waals surface area contributed by atoms with Crippen molar-refractivity contribution in [3.63, 3.8) is 0 Å². The molecule has 1 amide bonds. The van der Waals surface area contributed by atoms with E-state index < -0.39 is 0 Å². The van der Waals surface area contributed by atoms with Crippen LogP contribution in [-0.4, -0.2) is 62.2 Å². The lowest BCUT2D eigenvalue weighted by molar-refractivity contribution is -0.127. The zero-order valence-corrected chi connectivity index (χ0v) is 16.8. The van der Waals surface area contributed by atoms with Gasteiger partial charge in [-0.1, -0.05) is 0 Å². The van der Waals surface area contributed by atoms with E-state index in [9.17, 15) is 4.79 Å². The summed E-state index contributed by atoms with van der Waals surface area (Å²) in [6.45, 7) is 6.34. The summed E-state index contributed by atoms with van der Waals surface area (Å²) in [4.78, 5) is 29.9. The normalized spacial score (nSPS) is 16.9. The fourth-order valence-corrected chi connectivity index (χ4v) is 3.98. The van der Waals surface area contributed by atoms with Gasteiger partial charge in [-0.15, -0.1) is 0 Å². The zero-order valence-electron chi connectivity index (χ0n) is 16.8. The van der Waals surface area contributed by atoms with Crippen molar-refractivity contribution in [3.05, 3.63) is 30.2 Å². The van der Waals surface area contributed by atoms with E-state index >= 15 is 0 Å². The van der Waals surface area contributed by atoms with Crippen molar-refractivity contribution >= 4 is 22.8 Å². The Hall–Kier alpha value is -3.03. The molecule has 0 aliphatic carbocycles. The van der Waals surface area contributed by atoms with E-state index in [1.165, 1.54) is 0 Å². The summed E-state index contributed by atoms with van der Waals surface area (Å²) >= 11 is 0. The molecule has 0 bridgehead atoms. The Morgan fingerprint density at radius 3 is 2.68 bits per heavy atom. The van der Waals surface area contributed by atoms with Gasteiger partial charge in [-0.05, 0) is 26.0 Å². The molecule has 0 radical (unpaired) electrons. The Bertz CT molecular complexity index is 1010. The van der Waals surface area contributed by atoms with Crippen LogP contribution in [0.15, 0.2) is 24.5 Å². The number of hydrogen-bond acceptors (Lipinski definition) is 6. The molecule has 1 fully saturated rings. The fourth-order valence-electron chi connectivity index (χ4n) is 3.98. The van der Waals surface area contributed by atoms with Crippen LogP contribution in [0.1, 0.15) is 19.0 Å². The van der Waals surface area contributed by atoms with Crippen molar-refractivity contribution in [1.29, 1.82) is 0 Å². The lowest BCUT2D eigenvalue weighted by atomic mass is 10.1. The van der Waals surface area contributed by atoms with Crippen molar-refractivity contribution < 1.29 is 4.79 Å². The molecule has 3 aromatic heterocycles. The smallest absolute Gasteiger partial charge is 0.222 e. The average Bonchev–Trinajstić information content (AvgIpc) is 3.20. The number of carbonyl (C=O) groups is 1. The quantitative estimate of drug-likeness (QED) is 0.675. The summed E-state index contributed by atoms with van der Waals surface area (Å²) in [6, 6.07) is 3.81. The molecule has 4 heterocycles. The van der Waals surface area contributed by atoms with Gasteiger partial charge in [0.05, 0.1) is 11.1 Å². The highest BCUT2D eigenvalue weighted by Crippen LogP contribution is 2.30. The lowest BCUT2D eigenvalue weighted by Gasteiger charge is -2.23. The number of nitrogens with zero attached hydrogens (tertiary/aromatic N) is 7. The van der Waals surface area contributed by atoms with E-state index in [0.29, 0.717) is 18.2 Å². The molecule has 3 aromatic rings. The van der Waals surface area contributed by atoms with Gasteiger partial charge in [0, 0.05) is 64.0 Å². The first kappa shape index (κ1) is 18.3. The molecular formula is C20H25N7O. The van der Waals surface area contributed by atoms with E-state index in [-0.39, 0.29) is 5.91 Å². The van der Waals surface area contributed by atoms with E-state index in [1.807, 2.05) is 45.0 Å². The van der Waals surface area contributed by atoms with Crippen LogP contribution >= 0.6 is 0 Å². The highest BCUT2D eigenvalue weighted by molar-refractivity contribution is 5.91. The van der Waals surface area contributed by atoms with E-state index in [2.05, 4.69) is 15.0 Å². The summed E-state index contributed by atoms with van der Waals surface area (Å²) < 4.78 is 1.80. The van der Waals surface area contributed by atoms with Crippen LogP contribution < -0.4 is 4.90 Å². The second-order valence-electron chi connectivity index (χ2n) is 7.40. The minimum atomic E-state index is 0.240. The first-order valence-electron chi connectivity index (χ1n) is 9.58. The highest BCUT2D eigenvalue weighted by Gasteiger charge is 2.30. The minimum absolute atomic E-state index is 0.240. The molecule has 1 aliphatic heterocycles. The number of hydrogen-bond donors (Lipinski definition) is 0. The molecule has 28 heavy (non-hydrogen) atoms. The second kappa shape index (κ2) is 7.18. The van der Waals surface area contributed by atoms with Crippen molar-refractivity contribution in [2.24, 2.45) is 13.0 Å². The predicted octanol–water partition coefficient (Wildman–Crippen LogP) is 2.04. The van der Waals surface area contributed by atoms with E-state index in [0.717, 1.165) is 47.7 Å². The Morgan fingerprint density at radius 1 is 1.25 bits per heavy atom. The highest BCUT2D eigenvalue weighted by atomic mass is 16.2. The van der Waals surface area contributed by atoms with E-state index in [4.69, 9.17) is 9.97 Å². The van der Waals surface area contributed by atoms with Gasteiger partial charge in [0.25, 0.3) is 0 Å². The zero-order chi connectivity index (χ0) is 19.8. The van der Waals surface area contributed by atoms with Crippen LogP contribution in [0.3, 0.4) is 0 Å². The van der Waals surface area contributed by atoms with Gasteiger partial charge in [-0.25, -0.2) is 9.97 Å². The monoisotopic (exact) mass is 379 g/mol. The Morgan fingerprint density at radius 2 is 2.00 bits per heavy atom. The third-order valence-electron chi connectivity index (χ3n) is 5.35. The van der Waals surface area contributed by atoms with Gasteiger partial charge in [0.15, 0.2) is 11.5 Å². The van der Waals surface area contributed by atoms with Gasteiger partial charge in [0.1, 0.15) is 5.82 Å². The van der Waals surface area contributed by atoms with Gasteiger partial charge in [-0.2, -0.15) is 5.10 Å². The topological polar surface area (TPSA) is 80.0 Å². The molecule has 0 spiro atoms. The Labute approximate surface area is 164 Å².